The van der Waals surface area contributed by atoms with Crippen molar-refractivity contribution < 1.29 is 0 Å². The molecule has 0 aliphatic carbocycles. The third-order valence-electron chi connectivity index (χ3n) is 3.20. The molecular formula is C16H23N3. The highest BCUT2D eigenvalue weighted by Gasteiger charge is 2.07. The molecule has 0 spiro atoms. The molecule has 2 aromatic rings. The number of aromatic nitrogens is 2. The average Bonchev–Trinajstić information content (AvgIpc) is 2.67. The summed E-state index contributed by atoms with van der Waals surface area (Å²) in [6, 6.07) is 8.97. The number of imidazole rings is 1. The minimum Gasteiger partial charge on any atom is -0.353 e. The Balaban J connectivity index is 2.09. The van der Waals surface area contributed by atoms with Gasteiger partial charge in [0.15, 0.2) is 0 Å². The van der Waals surface area contributed by atoms with Gasteiger partial charge in [-0.2, -0.15) is 0 Å². The number of rotatable bonds is 5. The highest BCUT2D eigenvalue weighted by Crippen LogP contribution is 2.13. The van der Waals surface area contributed by atoms with Gasteiger partial charge in [0.05, 0.1) is 5.69 Å². The lowest BCUT2D eigenvalue weighted by atomic mass is 10.1. The zero-order valence-electron chi connectivity index (χ0n) is 12.3. The van der Waals surface area contributed by atoms with Gasteiger partial charge in [-0.25, -0.2) is 4.98 Å². The van der Waals surface area contributed by atoms with Crippen molar-refractivity contribution in [1.29, 1.82) is 0 Å². The molecular weight excluding hydrogens is 234 g/mol. The summed E-state index contributed by atoms with van der Waals surface area (Å²) in [5.74, 6) is 0.973. The molecule has 0 radical (unpaired) electrons. The topological polar surface area (TPSA) is 29.9 Å². The van der Waals surface area contributed by atoms with E-state index in [2.05, 4.69) is 66.1 Å². The largest absolute Gasteiger partial charge is 0.353 e. The van der Waals surface area contributed by atoms with Crippen molar-refractivity contribution in [3.05, 3.63) is 47.3 Å². The standard InChI is InChI=1S/C16H23N3/c1-12(2)17-16-18-14(4)11-19(16)10-9-15-8-6-5-7-13(15)3/h5-8,11-12H,9-10H2,1-4H3,(H,17,18). The van der Waals surface area contributed by atoms with E-state index >= 15 is 0 Å². The van der Waals surface area contributed by atoms with E-state index in [1.54, 1.807) is 0 Å². The van der Waals surface area contributed by atoms with E-state index in [0.717, 1.165) is 24.6 Å². The summed E-state index contributed by atoms with van der Waals surface area (Å²) in [4.78, 5) is 4.54. The van der Waals surface area contributed by atoms with Crippen molar-refractivity contribution in [2.24, 2.45) is 0 Å². The van der Waals surface area contributed by atoms with Crippen molar-refractivity contribution in [3.63, 3.8) is 0 Å². The number of hydrogen-bond donors (Lipinski definition) is 1. The lowest BCUT2D eigenvalue weighted by Crippen LogP contribution is -2.15. The highest BCUT2D eigenvalue weighted by atomic mass is 15.2. The van der Waals surface area contributed by atoms with Gasteiger partial charge in [0.1, 0.15) is 0 Å². The van der Waals surface area contributed by atoms with Crippen molar-refractivity contribution >= 4 is 5.95 Å². The summed E-state index contributed by atoms with van der Waals surface area (Å²) in [6.07, 6.45) is 3.15. The molecule has 19 heavy (non-hydrogen) atoms. The summed E-state index contributed by atoms with van der Waals surface area (Å²) in [5, 5.41) is 3.40. The Kier molecular flexibility index (Phi) is 4.25. The maximum absolute atomic E-state index is 4.54. The second-order valence-corrected chi connectivity index (χ2v) is 5.37. The van der Waals surface area contributed by atoms with E-state index in [9.17, 15) is 0 Å². The summed E-state index contributed by atoms with van der Waals surface area (Å²) in [5.41, 5.74) is 3.83. The zero-order valence-corrected chi connectivity index (χ0v) is 12.3. The van der Waals surface area contributed by atoms with Crippen molar-refractivity contribution in [2.75, 3.05) is 5.32 Å². The van der Waals surface area contributed by atoms with Crippen LogP contribution in [0.3, 0.4) is 0 Å². The molecule has 102 valence electrons. The van der Waals surface area contributed by atoms with Gasteiger partial charge in [0.25, 0.3) is 0 Å². The van der Waals surface area contributed by atoms with Gasteiger partial charge in [-0.05, 0) is 45.2 Å². The van der Waals surface area contributed by atoms with Gasteiger partial charge in [0.2, 0.25) is 5.95 Å². The molecule has 0 saturated carbocycles. The van der Waals surface area contributed by atoms with Gasteiger partial charge in [-0.3, -0.25) is 0 Å². The molecule has 2 rings (SSSR count). The number of nitrogens with zero attached hydrogens (tertiary/aromatic N) is 2. The first kappa shape index (κ1) is 13.7. The van der Waals surface area contributed by atoms with Gasteiger partial charge in [-0.15, -0.1) is 0 Å². The van der Waals surface area contributed by atoms with Gasteiger partial charge < -0.3 is 9.88 Å². The smallest absolute Gasteiger partial charge is 0.203 e. The van der Waals surface area contributed by atoms with E-state index < -0.39 is 0 Å². The van der Waals surface area contributed by atoms with Crippen molar-refractivity contribution in [2.45, 2.75) is 46.7 Å². The Morgan fingerprint density at radius 1 is 1.21 bits per heavy atom. The van der Waals surface area contributed by atoms with Crippen LogP contribution in [-0.2, 0) is 13.0 Å². The molecule has 0 saturated heterocycles. The molecule has 1 aromatic heterocycles. The second kappa shape index (κ2) is 5.91. The third kappa shape index (κ3) is 3.60. The number of benzene rings is 1. The van der Waals surface area contributed by atoms with E-state index in [1.807, 2.05) is 6.92 Å². The van der Waals surface area contributed by atoms with E-state index in [1.165, 1.54) is 11.1 Å². The van der Waals surface area contributed by atoms with E-state index in [-0.39, 0.29) is 0 Å². The Morgan fingerprint density at radius 2 is 1.95 bits per heavy atom. The fourth-order valence-electron chi connectivity index (χ4n) is 2.22. The molecule has 0 atom stereocenters. The number of nitrogens with one attached hydrogen (secondary N) is 1. The SMILES string of the molecule is Cc1cn(CCc2ccccc2C)c(NC(C)C)n1. The fourth-order valence-corrected chi connectivity index (χ4v) is 2.22. The molecule has 3 nitrogen and oxygen atoms in total. The summed E-state index contributed by atoms with van der Waals surface area (Å²) >= 11 is 0. The molecule has 1 N–H and O–H groups in total. The minimum absolute atomic E-state index is 0.402. The predicted molar refractivity (Wildman–Crippen MR) is 80.6 cm³/mol. The first-order chi connectivity index (χ1) is 9.06. The van der Waals surface area contributed by atoms with Crippen LogP contribution in [-0.4, -0.2) is 15.6 Å². The first-order valence-corrected chi connectivity index (χ1v) is 6.91. The zero-order chi connectivity index (χ0) is 13.8. The third-order valence-corrected chi connectivity index (χ3v) is 3.20. The van der Waals surface area contributed by atoms with Crippen LogP contribution in [0.2, 0.25) is 0 Å². The Morgan fingerprint density at radius 3 is 2.63 bits per heavy atom. The average molecular weight is 257 g/mol. The van der Waals surface area contributed by atoms with Crippen LogP contribution in [0.25, 0.3) is 0 Å². The number of aryl methyl sites for hydroxylation is 4. The summed E-state index contributed by atoms with van der Waals surface area (Å²) in [6.45, 7) is 9.43. The van der Waals surface area contributed by atoms with Crippen LogP contribution in [0.15, 0.2) is 30.5 Å². The van der Waals surface area contributed by atoms with Gasteiger partial charge in [-0.1, -0.05) is 24.3 Å². The summed E-state index contributed by atoms with van der Waals surface area (Å²) in [7, 11) is 0. The molecule has 0 fully saturated rings. The molecule has 3 heteroatoms. The number of anilines is 1. The van der Waals surface area contributed by atoms with Crippen LogP contribution in [0.5, 0.6) is 0 Å². The molecule has 0 aliphatic rings. The molecule has 0 unspecified atom stereocenters. The minimum atomic E-state index is 0.402. The second-order valence-electron chi connectivity index (χ2n) is 5.37. The monoisotopic (exact) mass is 257 g/mol. The van der Waals surface area contributed by atoms with Gasteiger partial charge >= 0.3 is 0 Å². The van der Waals surface area contributed by atoms with Crippen LogP contribution in [0.4, 0.5) is 5.95 Å². The Hall–Kier alpha value is -1.77. The lowest BCUT2D eigenvalue weighted by molar-refractivity contribution is 0.689. The maximum atomic E-state index is 4.54. The quantitative estimate of drug-likeness (QED) is 0.887. The Bertz CT molecular complexity index is 541. The fraction of sp³-hybridized carbons (Fsp3) is 0.438. The van der Waals surface area contributed by atoms with Crippen LogP contribution in [0, 0.1) is 13.8 Å². The van der Waals surface area contributed by atoms with Gasteiger partial charge in [0, 0.05) is 18.8 Å². The molecule has 0 aliphatic heterocycles. The first-order valence-electron chi connectivity index (χ1n) is 6.91. The molecule has 0 amide bonds. The predicted octanol–water partition coefficient (Wildman–Crippen LogP) is 3.56. The van der Waals surface area contributed by atoms with Crippen LogP contribution >= 0.6 is 0 Å². The van der Waals surface area contributed by atoms with Crippen molar-refractivity contribution in [3.8, 4) is 0 Å². The summed E-state index contributed by atoms with van der Waals surface area (Å²) < 4.78 is 2.21. The Labute approximate surface area is 115 Å². The molecule has 1 aromatic carbocycles. The van der Waals surface area contributed by atoms with E-state index in [4.69, 9.17) is 0 Å². The van der Waals surface area contributed by atoms with Crippen molar-refractivity contribution in [1.82, 2.24) is 9.55 Å². The van der Waals surface area contributed by atoms with Crippen LogP contribution in [0.1, 0.15) is 30.7 Å². The molecule has 1 heterocycles. The molecule has 0 bridgehead atoms. The normalized spacial score (nSPS) is 11.0. The lowest BCUT2D eigenvalue weighted by Gasteiger charge is -2.12. The van der Waals surface area contributed by atoms with E-state index in [0.29, 0.717) is 6.04 Å². The highest BCUT2D eigenvalue weighted by molar-refractivity contribution is 5.30. The number of hydrogen-bond acceptors (Lipinski definition) is 2. The van der Waals surface area contributed by atoms with Crippen LogP contribution < -0.4 is 5.32 Å². The maximum Gasteiger partial charge on any atom is 0.203 e.